The van der Waals surface area contributed by atoms with Crippen molar-refractivity contribution in [1.29, 1.82) is 0 Å². The number of nitrogens with one attached hydrogen (secondary N) is 1. The second-order valence-corrected chi connectivity index (χ2v) is 8.26. The number of carbonyl (C=O) groups is 1. The van der Waals surface area contributed by atoms with Gasteiger partial charge in [0, 0.05) is 12.0 Å². The molecule has 4 saturated carbocycles. The third-order valence-electron chi connectivity index (χ3n) is 5.90. The minimum Gasteiger partial charge on any atom is -0.387 e. The summed E-state index contributed by atoms with van der Waals surface area (Å²) < 4.78 is 0. The Balaban J connectivity index is 1.41. The Labute approximate surface area is 129 Å². The Morgan fingerprint density at radius 1 is 1.29 bits per heavy atom. The molecule has 1 amide bonds. The molecule has 4 aliphatic rings. The van der Waals surface area contributed by atoms with Crippen molar-refractivity contribution in [2.75, 3.05) is 6.54 Å². The van der Waals surface area contributed by atoms with E-state index in [9.17, 15) is 9.90 Å². The normalized spacial score (nSPS) is 38.4. The lowest BCUT2D eigenvalue weighted by atomic mass is 9.49. The van der Waals surface area contributed by atoms with Gasteiger partial charge in [0.15, 0.2) is 0 Å². The summed E-state index contributed by atoms with van der Waals surface area (Å²) in [4.78, 5) is 12.8. The average molecular weight is 305 g/mol. The van der Waals surface area contributed by atoms with Crippen LogP contribution in [0, 0.1) is 23.2 Å². The number of thiophene rings is 1. The van der Waals surface area contributed by atoms with Gasteiger partial charge in [0.05, 0.1) is 6.10 Å². The molecule has 2 N–H and O–H groups in total. The van der Waals surface area contributed by atoms with Gasteiger partial charge >= 0.3 is 0 Å². The van der Waals surface area contributed by atoms with Crippen molar-refractivity contribution in [1.82, 2.24) is 5.32 Å². The average Bonchev–Trinajstić information content (AvgIpc) is 2.97. The van der Waals surface area contributed by atoms with Crippen LogP contribution in [0.5, 0.6) is 0 Å². The minimum absolute atomic E-state index is 0.108. The van der Waals surface area contributed by atoms with Crippen molar-refractivity contribution in [2.45, 2.75) is 44.6 Å². The fraction of sp³-hybridized carbons (Fsp3) is 0.706. The van der Waals surface area contributed by atoms with E-state index in [-0.39, 0.29) is 11.3 Å². The van der Waals surface area contributed by atoms with E-state index in [2.05, 4.69) is 5.32 Å². The van der Waals surface area contributed by atoms with Gasteiger partial charge in [-0.15, -0.1) is 0 Å². The first-order valence-electron chi connectivity index (χ1n) is 8.13. The van der Waals surface area contributed by atoms with Gasteiger partial charge in [0.25, 0.3) is 0 Å². The van der Waals surface area contributed by atoms with Crippen LogP contribution in [-0.4, -0.2) is 17.6 Å². The van der Waals surface area contributed by atoms with Crippen molar-refractivity contribution in [3.05, 3.63) is 22.4 Å². The van der Waals surface area contributed by atoms with Crippen molar-refractivity contribution >= 4 is 17.2 Å². The standard InChI is InChI=1S/C17H23NO2S/c19-15(14-1-2-21-10-14)9-18-16(20)17-6-11-3-12(7-17)5-13(4-11)8-17/h1-2,10-13,15,19H,3-9H2,(H,18,20). The molecule has 4 bridgehead atoms. The Bertz CT molecular complexity index is 490. The van der Waals surface area contributed by atoms with Gasteiger partial charge in [0.1, 0.15) is 0 Å². The molecule has 3 nitrogen and oxygen atoms in total. The molecule has 4 heteroatoms. The highest BCUT2D eigenvalue weighted by atomic mass is 32.1. The molecule has 4 aliphatic carbocycles. The van der Waals surface area contributed by atoms with Gasteiger partial charge in [-0.2, -0.15) is 11.3 Å². The smallest absolute Gasteiger partial charge is 0.226 e. The molecular formula is C17H23NO2S. The molecular weight excluding hydrogens is 282 g/mol. The van der Waals surface area contributed by atoms with Crippen molar-refractivity contribution in [3.8, 4) is 0 Å². The van der Waals surface area contributed by atoms with E-state index in [4.69, 9.17) is 0 Å². The van der Waals surface area contributed by atoms with Crippen LogP contribution in [0.2, 0.25) is 0 Å². The van der Waals surface area contributed by atoms with Crippen LogP contribution in [0.4, 0.5) is 0 Å². The van der Waals surface area contributed by atoms with Crippen LogP contribution < -0.4 is 5.32 Å². The van der Waals surface area contributed by atoms with Crippen LogP contribution in [0.15, 0.2) is 16.8 Å². The van der Waals surface area contributed by atoms with Gasteiger partial charge in [-0.05, 0) is 78.7 Å². The highest BCUT2D eigenvalue weighted by Gasteiger charge is 2.54. The summed E-state index contributed by atoms with van der Waals surface area (Å²) in [7, 11) is 0. The lowest BCUT2D eigenvalue weighted by Gasteiger charge is -2.55. The summed E-state index contributed by atoms with van der Waals surface area (Å²) in [6.07, 6.45) is 6.73. The van der Waals surface area contributed by atoms with E-state index in [1.54, 1.807) is 11.3 Å². The molecule has 1 aromatic heterocycles. The molecule has 4 fully saturated rings. The number of hydrogen-bond donors (Lipinski definition) is 2. The zero-order valence-corrected chi connectivity index (χ0v) is 13.1. The van der Waals surface area contributed by atoms with Crippen molar-refractivity contribution in [2.24, 2.45) is 23.2 Å². The number of carbonyl (C=O) groups excluding carboxylic acids is 1. The zero-order valence-electron chi connectivity index (χ0n) is 12.3. The molecule has 1 unspecified atom stereocenters. The van der Waals surface area contributed by atoms with E-state index in [1.807, 2.05) is 16.8 Å². The van der Waals surface area contributed by atoms with E-state index in [1.165, 1.54) is 19.3 Å². The fourth-order valence-corrected chi connectivity index (χ4v) is 6.06. The highest BCUT2D eigenvalue weighted by Crippen LogP contribution is 2.60. The summed E-state index contributed by atoms with van der Waals surface area (Å²) in [6.45, 7) is 0.345. The predicted octanol–water partition coefficient (Wildman–Crippen LogP) is 3.11. The summed E-state index contributed by atoms with van der Waals surface area (Å²) in [5.41, 5.74) is 0.800. The van der Waals surface area contributed by atoms with Gasteiger partial charge in [-0.3, -0.25) is 4.79 Å². The topological polar surface area (TPSA) is 49.3 Å². The quantitative estimate of drug-likeness (QED) is 0.898. The van der Waals surface area contributed by atoms with Gasteiger partial charge in [-0.25, -0.2) is 0 Å². The van der Waals surface area contributed by atoms with E-state index in [0.717, 1.165) is 42.6 Å². The maximum Gasteiger partial charge on any atom is 0.226 e. The third-order valence-corrected chi connectivity index (χ3v) is 6.61. The lowest BCUT2D eigenvalue weighted by Crippen LogP contribution is -2.54. The molecule has 1 atom stereocenters. The van der Waals surface area contributed by atoms with Gasteiger partial charge in [0.2, 0.25) is 5.91 Å². The Morgan fingerprint density at radius 3 is 2.43 bits per heavy atom. The predicted molar refractivity (Wildman–Crippen MR) is 82.9 cm³/mol. The minimum atomic E-state index is -0.575. The highest BCUT2D eigenvalue weighted by molar-refractivity contribution is 7.07. The molecule has 0 radical (unpaired) electrons. The SMILES string of the molecule is O=C(NCC(O)c1ccsc1)C12CC3CC(CC(C3)C1)C2. The molecule has 5 rings (SSSR count). The van der Waals surface area contributed by atoms with Gasteiger partial charge in [-0.1, -0.05) is 0 Å². The number of rotatable bonds is 4. The molecule has 0 spiro atoms. The Morgan fingerprint density at radius 2 is 1.90 bits per heavy atom. The van der Waals surface area contributed by atoms with Crippen molar-refractivity contribution < 1.29 is 9.90 Å². The first-order valence-corrected chi connectivity index (χ1v) is 9.07. The van der Waals surface area contributed by atoms with Crippen LogP contribution >= 0.6 is 11.3 Å². The summed E-state index contributed by atoms with van der Waals surface area (Å²) in [5, 5.41) is 17.1. The van der Waals surface area contributed by atoms with Crippen molar-refractivity contribution in [3.63, 3.8) is 0 Å². The molecule has 1 heterocycles. The molecule has 0 aliphatic heterocycles. The fourth-order valence-electron chi connectivity index (χ4n) is 5.35. The second kappa shape index (κ2) is 5.10. The first kappa shape index (κ1) is 13.8. The summed E-state index contributed by atoms with van der Waals surface area (Å²) >= 11 is 1.58. The van der Waals surface area contributed by atoms with Gasteiger partial charge < -0.3 is 10.4 Å². The number of aliphatic hydroxyl groups excluding tert-OH is 1. The molecule has 21 heavy (non-hydrogen) atoms. The van der Waals surface area contributed by atoms with Crippen LogP contribution in [-0.2, 0) is 4.79 Å². The van der Waals surface area contributed by atoms with Crippen LogP contribution in [0.25, 0.3) is 0 Å². The molecule has 0 saturated heterocycles. The van der Waals surface area contributed by atoms with Crippen LogP contribution in [0.1, 0.15) is 50.2 Å². The van der Waals surface area contributed by atoms with E-state index >= 15 is 0 Å². The maximum absolute atomic E-state index is 12.8. The summed E-state index contributed by atoms with van der Waals surface area (Å²) in [5.74, 6) is 2.55. The van der Waals surface area contributed by atoms with E-state index in [0.29, 0.717) is 6.54 Å². The Hall–Kier alpha value is -0.870. The van der Waals surface area contributed by atoms with Crippen LogP contribution in [0.3, 0.4) is 0 Å². The number of hydrogen-bond acceptors (Lipinski definition) is 3. The zero-order chi connectivity index (χ0) is 14.4. The lowest BCUT2D eigenvalue weighted by molar-refractivity contribution is -0.146. The van der Waals surface area contributed by atoms with E-state index < -0.39 is 6.10 Å². The third kappa shape index (κ3) is 2.42. The number of aliphatic hydroxyl groups is 1. The molecule has 1 aromatic rings. The second-order valence-electron chi connectivity index (χ2n) is 7.48. The molecule has 114 valence electrons. The first-order chi connectivity index (χ1) is 10.1. The summed E-state index contributed by atoms with van der Waals surface area (Å²) in [6, 6.07) is 1.92. The largest absolute Gasteiger partial charge is 0.387 e. The number of amides is 1. The Kier molecular flexibility index (Phi) is 3.34. The maximum atomic E-state index is 12.8. The monoisotopic (exact) mass is 305 g/mol. The molecule has 0 aromatic carbocycles.